The van der Waals surface area contributed by atoms with E-state index in [1.165, 1.54) is 0 Å². The summed E-state index contributed by atoms with van der Waals surface area (Å²) in [5, 5.41) is 0. The van der Waals surface area contributed by atoms with Crippen molar-refractivity contribution in [1.29, 1.82) is 0 Å². The van der Waals surface area contributed by atoms with E-state index in [-0.39, 0.29) is 5.92 Å². The zero-order valence-electron chi connectivity index (χ0n) is 8.54. The molecule has 1 unspecified atom stereocenters. The summed E-state index contributed by atoms with van der Waals surface area (Å²) in [4.78, 5) is 11.4. The molecule has 0 bridgehead atoms. The minimum absolute atomic E-state index is 0.0890. The highest BCUT2D eigenvalue weighted by atomic mass is 16.5. The first-order valence-electron chi connectivity index (χ1n) is 4.90. The monoisotopic (exact) mass is 190 g/mol. The second-order valence-electron chi connectivity index (χ2n) is 3.75. The lowest BCUT2D eigenvalue weighted by Crippen LogP contribution is -2.24. The van der Waals surface area contributed by atoms with E-state index in [0.29, 0.717) is 5.78 Å². The summed E-state index contributed by atoms with van der Waals surface area (Å²) in [7, 11) is 1.65. The standard InChI is InChI=1S/C12H14O2/c1-8-4-3-5-11(14-2)12(8)9-6-7-10(9)13/h3-5,9H,6-7H2,1-2H3. The van der Waals surface area contributed by atoms with Crippen LogP contribution in [0.5, 0.6) is 5.75 Å². The lowest BCUT2D eigenvalue weighted by Gasteiger charge is -2.27. The van der Waals surface area contributed by atoms with Gasteiger partial charge in [0, 0.05) is 17.9 Å². The molecular weight excluding hydrogens is 176 g/mol. The molecule has 1 saturated carbocycles. The van der Waals surface area contributed by atoms with E-state index in [2.05, 4.69) is 0 Å². The number of carbonyl (C=O) groups is 1. The number of carbonyl (C=O) groups excluding carboxylic acids is 1. The molecule has 1 aliphatic carbocycles. The maximum Gasteiger partial charge on any atom is 0.140 e. The molecule has 1 atom stereocenters. The SMILES string of the molecule is COc1cccc(C)c1C1CCC1=O. The van der Waals surface area contributed by atoms with Gasteiger partial charge in [0.15, 0.2) is 0 Å². The van der Waals surface area contributed by atoms with E-state index in [1.54, 1.807) is 7.11 Å². The summed E-state index contributed by atoms with van der Waals surface area (Å²) < 4.78 is 5.28. The van der Waals surface area contributed by atoms with Gasteiger partial charge in [-0.3, -0.25) is 4.79 Å². The number of rotatable bonds is 2. The van der Waals surface area contributed by atoms with Crippen molar-refractivity contribution in [2.24, 2.45) is 0 Å². The third-order valence-electron chi connectivity index (χ3n) is 2.92. The fourth-order valence-corrected chi connectivity index (χ4v) is 1.99. The largest absolute Gasteiger partial charge is 0.496 e. The Hall–Kier alpha value is -1.31. The smallest absolute Gasteiger partial charge is 0.140 e. The molecule has 1 fully saturated rings. The van der Waals surface area contributed by atoms with Crippen molar-refractivity contribution >= 4 is 5.78 Å². The molecule has 0 radical (unpaired) electrons. The first kappa shape index (κ1) is 9.25. The highest BCUT2D eigenvalue weighted by Gasteiger charge is 2.32. The van der Waals surface area contributed by atoms with Gasteiger partial charge in [0.2, 0.25) is 0 Å². The maximum absolute atomic E-state index is 11.4. The first-order valence-corrected chi connectivity index (χ1v) is 4.90. The van der Waals surface area contributed by atoms with Crippen LogP contribution in [-0.4, -0.2) is 12.9 Å². The van der Waals surface area contributed by atoms with Crippen molar-refractivity contribution < 1.29 is 9.53 Å². The van der Waals surface area contributed by atoms with Gasteiger partial charge < -0.3 is 4.74 Å². The van der Waals surface area contributed by atoms with Crippen LogP contribution >= 0.6 is 0 Å². The van der Waals surface area contributed by atoms with E-state index < -0.39 is 0 Å². The summed E-state index contributed by atoms with van der Waals surface area (Å²) in [6.45, 7) is 2.03. The van der Waals surface area contributed by atoms with E-state index in [4.69, 9.17) is 4.74 Å². The summed E-state index contributed by atoms with van der Waals surface area (Å²) >= 11 is 0. The third-order valence-corrected chi connectivity index (χ3v) is 2.92. The number of Topliss-reactive ketones (excluding diaryl/α,β-unsaturated/α-hetero) is 1. The zero-order valence-corrected chi connectivity index (χ0v) is 8.54. The van der Waals surface area contributed by atoms with Crippen LogP contribution < -0.4 is 4.74 Å². The lowest BCUT2D eigenvalue weighted by molar-refractivity contribution is -0.125. The van der Waals surface area contributed by atoms with Crippen LogP contribution in [0.2, 0.25) is 0 Å². The summed E-state index contributed by atoms with van der Waals surface area (Å²) in [5.74, 6) is 1.28. The van der Waals surface area contributed by atoms with Gasteiger partial charge in [-0.25, -0.2) is 0 Å². The van der Waals surface area contributed by atoms with Crippen LogP contribution in [0.15, 0.2) is 18.2 Å². The highest BCUT2D eigenvalue weighted by molar-refractivity contribution is 5.92. The van der Waals surface area contributed by atoms with Gasteiger partial charge >= 0.3 is 0 Å². The van der Waals surface area contributed by atoms with E-state index in [9.17, 15) is 4.79 Å². The first-order chi connectivity index (χ1) is 6.74. The molecule has 14 heavy (non-hydrogen) atoms. The average molecular weight is 190 g/mol. The van der Waals surface area contributed by atoms with E-state index in [1.807, 2.05) is 25.1 Å². The quantitative estimate of drug-likeness (QED) is 0.716. The van der Waals surface area contributed by atoms with Gasteiger partial charge in [-0.2, -0.15) is 0 Å². The van der Waals surface area contributed by atoms with Crippen LogP contribution in [0.3, 0.4) is 0 Å². The molecule has 0 N–H and O–H groups in total. The third kappa shape index (κ3) is 1.31. The van der Waals surface area contributed by atoms with Gasteiger partial charge in [0.05, 0.1) is 7.11 Å². The fraction of sp³-hybridized carbons (Fsp3) is 0.417. The second-order valence-corrected chi connectivity index (χ2v) is 3.75. The average Bonchev–Trinajstić information content (AvgIpc) is 2.18. The summed E-state index contributed by atoms with van der Waals surface area (Å²) in [5.41, 5.74) is 2.24. The Morgan fingerprint density at radius 1 is 1.43 bits per heavy atom. The van der Waals surface area contributed by atoms with Crippen molar-refractivity contribution in [3.63, 3.8) is 0 Å². The number of ether oxygens (including phenoxy) is 1. The molecule has 74 valence electrons. The Kier molecular flexibility index (Phi) is 2.28. The maximum atomic E-state index is 11.4. The Morgan fingerprint density at radius 3 is 2.71 bits per heavy atom. The summed E-state index contributed by atoms with van der Waals surface area (Å²) in [6, 6.07) is 5.91. The van der Waals surface area contributed by atoms with Crippen LogP contribution in [0, 0.1) is 6.92 Å². The Balaban J connectivity index is 2.44. The van der Waals surface area contributed by atoms with Gasteiger partial charge in [-0.15, -0.1) is 0 Å². The van der Waals surface area contributed by atoms with Crippen LogP contribution in [0.4, 0.5) is 0 Å². The molecule has 2 nitrogen and oxygen atoms in total. The molecular formula is C12H14O2. The molecule has 0 spiro atoms. The Morgan fingerprint density at radius 2 is 2.21 bits per heavy atom. The summed E-state index contributed by atoms with van der Waals surface area (Å²) in [6.07, 6.45) is 1.70. The number of ketones is 1. The molecule has 2 heteroatoms. The number of aryl methyl sites for hydroxylation is 1. The molecule has 1 aromatic rings. The van der Waals surface area contributed by atoms with E-state index in [0.717, 1.165) is 29.7 Å². The minimum atomic E-state index is 0.0890. The van der Waals surface area contributed by atoms with Crippen LogP contribution in [0.25, 0.3) is 0 Å². The molecule has 0 saturated heterocycles. The zero-order chi connectivity index (χ0) is 10.1. The van der Waals surface area contributed by atoms with Gasteiger partial charge in [0.1, 0.15) is 11.5 Å². The Bertz CT molecular complexity index is 369. The number of hydrogen-bond acceptors (Lipinski definition) is 2. The topological polar surface area (TPSA) is 26.3 Å². The molecule has 2 rings (SSSR count). The van der Waals surface area contributed by atoms with Crippen molar-refractivity contribution in [1.82, 2.24) is 0 Å². The van der Waals surface area contributed by atoms with Crippen molar-refractivity contribution in [2.75, 3.05) is 7.11 Å². The highest BCUT2D eigenvalue weighted by Crippen LogP contribution is 2.39. The van der Waals surface area contributed by atoms with Crippen molar-refractivity contribution in [3.05, 3.63) is 29.3 Å². The molecule has 0 amide bonds. The van der Waals surface area contributed by atoms with Crippen LogP contribution in [0.1, 0.15) is 29.9 Å². The second kappa shape index (κ2) is 3.45. The molecule has 0 aromatic heterocycles. The predicted molar refractivity (Wildman–Crippen MR) is 54.7 cm³/mol. The van der Waals surface area contributed by atoms with Gasteiger partial charge in [-0.1, -0.05) is 12.1 Å². The molecule has 1 aliphatic rings. The normalized spacial score (nSPS) is 20.4. The number of benzene rings is 1. The van der Waals surface area contributed by atoms with Gasteiger partial charge in [-0.05, 0) is 25.0 Å². The molecule has 0 aliphatic heterocycles. The van der Waals surface area contributed by atoms with Gasteiger partial charge in [0.25, 0.3) is 0 Å². The number of hydrogen-bond donors (Lipinski definition) is 0. The molecule has 1 aromatic carbocycles. The van der Waals surface area contributed by atoms with E-state index >= 15 is 0 Å². The number of methoxy groups -OCH3 is 1. The fourth-order valence-electron chi connectivity index (χ4n) is 1.99. The van der Waals surface area contributed by atoms with Crippen LogP contribution in [-0.2, 0) is 4.79 Å². The van der Waals surface area contributed by atoms with Crippen molar-refractivity contribution in [2.45, 2.75) is 25.7 Å². The molecule has 0 heterocycles. The lowest BCUT2D eigenvalue weighted by atomic mass is 9.76. The minimum Gasteiger partial charge on any atom is -0.496 e. The predicted octanol–water partition coefficient (Wildman–Crippen LogP) is 2.45. The van der Waals surface area contributed by atoms with Crippen molar-refractivity contribution in [3.8, 4) is 5.75 Å². The Labute approximate surface area is 83.9 Å².